The lowest BCUT2D eigenvalue weighted by Gasteiger charge is -2.06. The summed E-state index contributed by atoms with van der Waals surface area (Å²) in [5.74, 6) is 0.0630. The number of nitrogens with two attached hydrogens (primary N) is 1. The number of hydrogen-bond acceptors (Lipinski definition) is 6. The smallest absolute Gasteiger partial charge is 0.322 e. The van der Waals surface area contributed by atoms with Crippen LogP contribution in [-0.4, -0.2) is 14.9 Å². The first kappa shape index (κ1) is 13.4. The Morgan fingerprint density at radius 2 is 2.05 bits per heavy atom. The van der Waals surface area contributed by atoms with E-state index >= 15 is 0 Å². The van der Waals surface area contributed by atoms with Gasteiger partial charge in [0.25, 0.3) is 0 Å². The largest absolute Gasteiger partial charge is 0.416 e. The average Bonchev–Trinajstić information content (AvgIpc) is 2.41. The maximum Gasteiger partial charge on any atom is 0.322 e. The van der Waals surface area contributed by atoms with Crippen LogP contribution in [0.25, 0.3) is 0 Å². The Morgan fingerprint density at radius 1 is 1.37 bits per heavy atom. The number of halogens is 1. The van der Waals surface area contributed by atoms with Crippen LogP contribution in [0.4, 0.5) is 5.69 Å². The van der Waals surface area contributed by atoms with E-state index in [0.717, 1.165) is 5.56 Å². The fourth-order valence-corrected chi connectivity index (χ4v) is 1.77. The second kappa shape index (κ2) is 5.72. The highest BCUT2D eigenvalue weighted by molar-refractivity contribution is 9.10. The highest BCUT2D eigenvalue weighted by atomic mass is 79.9. The highest BCUT2D eigenvalue weighted by Gasteiger charge is 2.19. The first-order valence-corrected chi connectivity index (χ1v) is 6.03. The Kier molecular flexibility index (Phi) is 4.03. The van der Waals surface area contributed by atoms with Crippen LogP contribution in [0.1, 0.15) is 5.56 Å². The summed E-state index contributed by atoms with van der Waals surface area (Å²) >= 11 is 3.20. The van der Waals surface area contributed by atoms with E-state index in [9.17, 15) is 10.1 Å². The zero-order valence-corrected chi connectivity index (χ0v) is 11.2. The van der Waals surface area contributed by atoms with E-state index in [1.54, 1.807) is 12.1 Å². The zero-order valence-electron chi connectivity index (χ0n) is 9.62. The van der Waals surface area contributed by atoms with Crippen molar-refractivity contribution >= 4 is 21.6 Å². The summed E-state index contributed by atoms with van der Waals surface area (Å²) in [6, 6.07) is 4.55. The van der Waals surface area contributed by atoms with Gasteiger partial charge in [-0.05, 0) is 22.0 Å². The number of aromatic nitrogens is 2. The summed E-state index contributed by atoms with van der Waals surface area (Å²) in [7, 11) is 0. The monoisotopic (exact) mass is 324 g/mol. The molecule has 19 heavy (non-hydrogen) atoms. The molecule has 1 heterocycles. The number of rotatable bonds is 4. The van der Waals surface area contributed by atoms with Gasteiger partial charge in [-0.1, -0.05) is 6.07 Å². The summed E-state index contributed by atoms with van der Waals surface area (Å²) in [5.41, 5.74) is 6.00. The minimum Gasteiger partial charge on any atom is -0.416 e. The molecule has 0 fully saturated rings. The van der Waals surface area contributed by atoms with Crippen LogP contribution >= 0.6 is 15.9 Å². The van der Waals surface area contributed by atoms with E-state index in [1.807, 2.05) is 0 Å². The normalized spacial score (nSPS) is 10.2. The molecule has 0 saturated heterocycles. The van der Waals surface area contributed by atoms with Crippen molar-refractivity contribution in [3.8, 4) is 11.8 Å². The van der Waals surface area contributed by atoms with Gasteiger partial charge in [-0.15, -0.1) is 0 Å². The van der Waals surface area contributed by atoms with E-state index in [1.165, 1.54) is 18.5 Å². The third kappa shape index (κ3) is 3.04. The maximum atomic E-state index is 10.9. The lowest BCUT2D eigenvalue weighted by Crippen LogP contribution is -2.00. The van der Waals surface area contributed by atoms with Gasteiger partial charge in [-0.25, -0.2) is 9.97 Å². The van der Waals surface area contributed by atoms with Gasteiger partial charge in [0.15, 0.2) is 0 Å². The molecular weight excluding hydrogens is 316 g/mol. The summed E-state index contributed by atoms with van der Waals surface area (Å²) in [6.07, 6.45) is 3.01. The predicted octanol–water partition coefficient (Wildman–Crippen LogP) is 2.40. The van der Waals surface area contributed by atoms with Crippen LogP contribution in [-0.2, 0) is 6.54 Å². The van der Waals surface area contributed by atoms with Gasteiger partial charge in [-0.2, -0.15) is 0 Å². The third-order valence-corrected chi connectivity index (χ3v) is 2.88. The molecule has 0 aliphatic carbocycles. The molecule has 0 atom stereocenters. The first-order chi connectivity index (χ1) is 9.11. The lowest BCUT2D eigenvalue weighted by molar-refractivity contribution is -0.385. The Labute approximate surface area is 116 Å². The van der Waals surface area contributed by atoms with Crippen LogP contribution in [0.15, 0.2) is 35.1 Å². The van der Waals surface area contributed by atoms with E-state index < -0.39 is 4.92 Å². The van der Waals surface area contributed by atoms with Gasteiger partial charge < -0.3 is 10.5 Å². The van der Waals surface area contributed by atoms with Crippen molar-refractivity contribution in [1.82, 2.24) is 9.97 Å². The van der Waals surface area contributed by atoms with E-state index in [-0.39, 0.29) is 17.4 Å². The van der Waals surface area contributed by atoms with E-state index in [2.05, 4.69) is 25.9 Å². The van der Waals surface area contributed by atoms with Crippen LogP contribution in [0.2, 0.25) is 0 Å². The fourth-order valence-electron chi connectivity index (χ4n) is 1.33. The van der Waals surface area contributed by atoms with Crippen molar-refractivity contribution in [1.29, 1.82) is 0 Å². The number of nitro groups is 1. The number of para-hydroxylation sites is 1. The van der Waals surface area contributed by atoms with Crippen molar-refractivity contribution in [2.24, 2.45) is 5.73 Å². The topological polar surface area (TPSA) is 104 Å². The molecule has 0 saturated carbocycles. The molecule has 8 heteroatoms. The summed E-state index contributed by atoms with van der Waals surface area (Å²) in [4.78, 5) is 18.2. The van der Waals surface area contributed by atoms with E-state index in [4.69, 9.17) is 10.5 Å². The van der Waals surface area contributed by atoms with Gasteiger partial charge >= 0.3 is 11.7 Å². The van der Waals surface area contributed by atoms with Crippen LogP contribution in [0.5, 0.6) is 11.8 Å². The summed E-state index contributed by atoms with van der Waals surface area (Å²) in [6.45, 7) is 0.315. The second-order valence-corrected chi connectivity index (χ2v) is 4.38. The fraction of sp³-hybridized carbons (Fsp3) is 0.0909. The molecule has 0 bridgehead atoms. The van der Waals surface area contributed by atoms with Crippen LogP contribution in [0.3, 0.4) is 0 Å². The van der Waals surface area contributed by atoms with Gasteiger partial charge in [-0.3, -0.25) is 10.1 Å². The molecule has 0 spiro atoms. The number of hydrogen-bond donors (Lipinski definition) is 1. The molecule has 2 rings (SSSR count). The van der Waals surface area contributed by atoms with Crippen LogP contribution in [0, 0.1) is 10.1 Å². The van der Waals surface area contributed by atoms with Crippen molar-refractivity contribution in [2.45, 2.75) is 6.54 Å². The van der Waals surface area contributed by atoms with Gasteiger partial charge in [0, 0.05) is 30.6 Å². The maximum absolute atomic E-state index is 10.9. The summed E-state index contributed by atoms with van der Waals surface area (Å²) in [5, 5.41) is 10.9. The van der Waals surface area contributed by atoms with Crippen molar-refractivity contribution in [3.05, 3.63) is 50.7 Å². The third-order valence-electron chi connectivity index (χ3n) is 2.25. The Morgan fingerprint density at radius 3 is 2.63 bits per heavy atom. The molecule has 2 aromatic rings. The summed E-state index contributed by atoms with van der Waals surface area (Å²) < 4.78 is 5.80. The zero-order chi connectivity index (χ0) is 13.8. The van der Waals surface area contributed by atoms with Crippen molar-refractivity contribution < 1.29 is 9.66 Å². The molecular formula is C11H9BrN4O3. The highest BCUT2D eigenvalue weighted by Crippen LogP contribution is 2.36. The minimum absolute atomic E-state index is 0.0206. The molecule has 7 nitrogen and oxygen atoms in total. The van der Waals surface area contributed by atoms with Gasteiger partial charge in [0.05, 0.1) is 9.40 Å². The van der Waals surface area contributed by atoms with Crippen molar-refractivity contribution in [2.75, 3.05) is 0 Å². The molecule has 1 aromatic heterocycles. The number of benzene rings is 1. The minimum atomic E-state index is -0.533. The quantitative estimate of drug-likeness (QED) is 0.684. The van der Waals surface area contributed by atoms with Gasteiger partial charge in [0.2, 0.25) is 5.75 Å². The number of ether oxygens (including phenoxy) is 1. The molecule has 1 aromatic carbocycles. The first-order valence-electron chi connectivity index (χ1n) is 5.23. The molecule has 98 valence electrons. The second-order valence-electron chi connectivity index (χ2n) is 3.53. The Hall–Kier alpha value is -2.06. The lowest BCUT2D eigenvalue weighted by atomic mass is 10.3. The average molecular weight is 325 g/mol. The SMILES string of the molecule is NCc1cnc(Oc2c(Br)cccc2[N+](=O)[O-])nc1. The Bertz CT molecular complexity index is 603. The predicted molar refractivity (Wildman–Crippen MR) is 70.8 cm³/mol. The Balaban J connectivity index is 2.34. The number of nitrogens with zero attached hydrogens (tertiary/aromatic N) is 3. The van der Waals surface area contributed by atoms with Crippen molar-refractivity contribution in [3.63, 3.8) is 0 Å². The molecule has 0 aliphatic heterocycles. The molecule has 2 N–H and O–H groups in total. The molecule has 0 aliphatic rings. The van der Waals surface area contributed by atoms with Gasteiger partial charge in [0.1, 0.15) is 0 Å². The molecule has 0 radical (unpaired) electrons. The number of nitro benzene ring substituents is 1. The molecule has 0 amide bonds. The van der Waals surface area contributed by atoms with Crippen LogP contribution < -0.4 is 10.5 Å². The molecule has 0 unspecified atom stereocenters. The van der Waals surface area contributed by atoms with E-state index in [0.29, 0.717) is 11.0 Å². The standard InChI is InChI=1S/C11H9BrN4O3/c12-8-2-1-3-9(16(17)18)10(8)19-11-14-5-7(4-13)6-15-11/h1-3,5-6H,4,13H2.